The molecule has 1 atom stereocenters. The molecule has 0 radical (unpaired) electrons. The summed E-state index contributed by atoms with van der Waals surface area (Å²) >= 11 is 0. The van der Waals surface area contributed by atoms with Gasteiger partial charge in [-0.2, -0.15) is 5.10 Å². The number of para-hydroxylation sites is 1. The van der Waals surface area contributed by atoms with E-state index >= 15 is 0 Å². The lowest BCUT2D eigenvalue weighted by Gasteiger charge is -2.32. The summed E-state index contributed by atoms with van der Waals surface area (Å²) in [5, 5.41) is 4.88. The van der Waals surface area contributed by atoms with E-state index in [0.29, 0.717) is 19.7 Å². The Morgan fingerprint density at radius 1 is 1.00 bits per heavy atom. The van der Waals surface area contributed by atoms with Crippen molar-refractivity contribution in [2.75, 3.05) is 19.7 Å². The maximum Gasteiger partial charge on any atom is 0.253 e. The lowest BCUT2D eigenvalue weighted by Crippen LogP contribution is -2.39. The third kappa shape index (κ3) is 4.19. The Labute approximate surface area is 186 Å². The smallest absolute Gasteiger partial charge is 0.253 e. The van der Waals surface area contributed by atoms with Crippen molar-refractivity contribution >= 4 is 17.1 Å². The zero-order valence-electron chi connectivity index (χ0n) is 17.8. The highest BCUT2D eigenvalue weighted by molar-refractivity contribution is 5.94. The van der Waals surface area contributed by atoms with Crippen LogP contribution in [0.3, 0.4) is 0 Å². The Balaban J connectivity index is 1.35. The number of piperidine rings is 1. The van der Waals surface area contributed by atoms with Crippen LogP contribution in [-0.2, 0) is 6.54 Å². The predicted molar refractivity (Wildman–Crippen MR) is 122 cm³/mol. The van der Waals surface area contributed by atoms with E-state index in [9.17, 15) is 4.79 Å². The quantitative estimate of drug-likeness (QED) is 0.466. The average molecular weight is 428 g/mol. The fourth-order valence-corrected chi connectivity index (χ4v) is 4.27. The normalized spacial score (nSPS) is 16.2. The number of ether oxygens (including phenoxy) is 1. The van der Waals surface area contributed by atoms with Crippen molar-refractivity contribution in [3.8, 4) is 5.75 Å². The second-order valence-corrected chi connectivity index (χ2v) is 7.95. The van der Waals surface area contributed by atoms with E-state index in [1.807, 2.05) is 70.2 Å². The summed E-state index contributed by atoms with van der Waals surface area (Å²) in [6.45, 7) is 2.46. The van der Waals surface area contributed by atoms with E-state index < -0.39 is 0 Å². The molecule has 7 heteroatoms. The number of carbonyl (C=O) groups is 1. The summed E-state index contributed by atoms with van der Waals surface area (Å²) in [4.78, 5) is 24.0. The van der Waals surface area contributed by atoms with Gasteiger partial charge in [-0.3, -0.25) is 4.79 Å². The van der Waals surface area contributed by atoms with E-state index in [2.05, 4.69) is 9.97 Å². The highest BCUT2D eigenvalue weighted by atomic mass is 16.5. The molecule has 0 bridgehead atoms. The summed E-state index contributed by atoms with van der Waals surface area (Å²) in [5.41, 5.74) is 3.21. The average Bonchev–Trinajstić information content (AvgIpc) is 3.24. The van der Waals surface area contributed by atoms with Gasteiger partial charge in [0.2, 0.25) is 0 Å². The standard InChI is InChI=1S/C25H25N5O2/c31-25(19-8-3-1-4-9-19)29-15-7-10-20(18-29)22-23-24(27-14-13-26-23)30(28-22)16-17-32-21-11-5-2-6-12-21/h1-6,8-9,11-14,20H,7,10,15-18H2/t20-/m1/s1. The molecule has 0 unspecified atom stereocenters. The third-order valence-electron chi connectivity index (χ3n) is 5.83. The van der Waals surface area contributed by atoms with Gasteiger partial charge in [0.05, 0.1) is 12.2 Å². The number of aromatic nitrogens is 4. The highest BCUT2D eigenvalue weighted by Crippen LogP contribution is 2.30. The fraction of sp³-hybridized carbons (Fsp3) is 0.280. The Bertz CT molecular complexity index is 1190. The molecular weight excluding hydrogens is 402 g/mol. The van der Waals surface area contributed by atoms with Crippen molar-refractivity contribution in [1.82, 2.24) is 24.6 Å². The molecule has 0 spiro atoms. The van der Waals surface area contributed by atoms with Crippen LogP contribution in [0.2, 0.25) is 0 Å². The topological polar surface area (TPSA) is 73.1 Å². The largest absolute Gasteiger partial charge is 0.492 e. The number of amides is 1. The lowest BCUT2D eigenvalue weighted by molar-refractivity contribution is 0.0706. The van der Waals surface area contributed by atoms with E-state index in [0.717, 1.165) is 47.6 Å². The van der Waals surface area contributed by atoms with Crippen LogP contribution in [0.25, 0.3) is 11.2 Å². The summed E-state index contributed by atoms with van der Waals surface area (Å²) in [5.74, 6) is 1.03. The molecule has 1 amide bonds. The molecule has 1 saturated heterocycles. The van der Waals surface area contributed by atoms with E-state index in [-0.39, 0.29) is 11.8 Å². The Morgan fingerprint density at radius 2 is 1.75 bits per heavy atom. The van der Waals surface area contributed by atoms with Gasteiger partial charge in [0, 0.05) is 37.0 Å². The van der Waals surface area contributed by atoms with Crippen molar-refractivity contribution in [3.63, 3.8) is 0 Å². The summed E-state index contributed by atoms with van der Waals surface area (Å²) in [7, 11) is 0. The highest BCUT2D eigenvalue weighted by Gasteiger charge is 2.29. The molecule has 1 aliphatic rings. The molecule has 7 nitrogen and oxygen atoms in total. The van der Waals surface area contributed by atoms with Crippen LogP contribution in [0.15, 0.2) is 73.1 Å². The van der Waals surface area contributed by atoms with E-state index in [4.69, 9.17) is 9.84 Å². The van der Waals surface area contributed by atoms with Crippen molar-refractivity contribution in [2.24, 2.45) is 0 Å². The zero-order chi connectivity index (χ0) is 21.8. The van der Waals surface area contributed by atoms with Gasteiger partial charge in [0.15, 0.2) is 5.65 Å². The minimum absolute atomic E-state index is 0.0707. The predicted octanol–water partition coefficient (Wildman–Crippen LogP) is 3.93. The Hall–Kier alpha value is -3.74. The van der Waals surface area contributed by atoms with Crippen molar-refractivity contribution in [3.05, 3.63) is 84.3 Å². The molecule has 32 heavy (non-hydrogen) atoms. The third-order valence-corrected chi connectivity index (χ3v) is 5.83. The molecule has 2 aromatic heterocycles. The number of hydrogen-bond donors (Lipinski definition) is 0. The van der Waals surface area contributed by atoms with Crippen molar-refractivity contribution in [1.29, 1.82) is 0 Å². The first kappa shape index (κ1) is 20.2. The minimum Gasteiger partial charge on any atom is -0.492 e. The van der Waals surface area contributed by atoms with Crippen molar-refractivity contribution in [2.45, 2.75) is 25.3 Å². The maximum absolute atomic E-state index is 13.0. The van der Waals surface area contributed by atoms with Gasteiger partial charge in [0.1, 0.15) is 17.9 Å². The molecule has 3 heterocycles. The van der Waals surface area contributed by atoms with Gasteiger partial charge >= 0.3 is 0 Å². The number of benzene rings is 2. The summed E-state index contributed by atoms with van der Waals surface area (Å²) in [6.07, 6.45) is 5.30. The van der Waals surface area contributed by atoms with Crippen LogP contribution in [0.5, 0.6) is 5.75 Å². The van der Waals surface area contributed by atoms with Crippen LogP contribution in [0.1, 0.15) is 34.8 Å². The molecule has 5 rings (SSSR count). The second-order valence-electron chi connectivity index (χ2n) is 7.95. The van der Waals surface area contributed by atoms with Crippen LogP contribution in [0, 0.1) is 0 Å². The Morgan fingerprint density at radius 3 is 2.56 bits per heavy atom. The lowest BCUT2D eigenvalue weighted by atomic mass is 9.94. The monoisotopic (exact) mass is 427 g/mol. The summed E-state index contributed by atoms with van der Waals surface area (Å²) in [6, 6.07) is 19.2. The van der Waals surface area contributed by atoms with Gasteiger partial charge in [-0.15, -0.1) is 0 Å². The summed E-state index contributed by atoms with van der Waals surface area (Å²) < 4.78 is 7.72. The first-order valence-electron chi connectivity index (χ1n) is 11.0. The maximum atomic E-state index is 13.0. The van der Waals surface area contributed by atoms with Gasteiger partial charge in [-0.25, -0.2) is 14.6 Å². The van der Waals surface area contributed by atoms with Crippen LogP contribution >= 0.6 is 0 Å². The Kier molecular flexibility index (Phi) is 5.79. The molecule has 0 N–H and O–H groups in total. The molecule has 162 valence electrons. The SMILES string of the molecule is O=C(c1ccccc1)N1CCC[C@@H](c2nn(CCOc3ccccc3)c3nccnc23)C1. The number of hydrogen-bond acceptors (Lipinski definition) is 5. The number of carbonyl (C=O) groups excluding carboxylic acids is 1. The molecular formula is C25H25N5O2. The molecule has 2 aromatic carbocycles. The number of nitrogens with zero attached hydrogens (tertiary/aromatic N) is 5. The molecule has 0 aliphatic carbocycles. The van der Waals surface area contributed by atoms with Gasteiger partial charge in [0.25, 0.3) is 5.91 Å². The molecule has 1 aliphatic heterocycles. The van der Waals surface area contributed by atoms with Crippen LogP contribution < -0.4 is 4.74 Å². The number of likely N-dealkylation sites (tertiary alicyclic amines) is 1. The fourth-order valence-electron chi connectivity index (χ4n) is 4.27. The van der Waals surface area contributed by atoms with Gasteiger partial charge in [-0.05, 0) is 37.1 Å². The zero-order valence-corrected chi connectivity index (χ0v) is 17.8. The number of rotatable bonds is 6. The molecule has 1 fully saturated rings. The van der Waals surface area contributed by atoms with E-state index in [1.54, 1.807) is 12.4 Å². The van der Waals surface area contributed by atoms with Crippen LogP contribution in [0.4, 0.5) is 0 Å². The molecule has 0 saturated carbocycles. The second kappa shape index (κ2) is 9.18. The van der Waals surface area contributed by atoms with Crippen molar-refractivity contribution < 1.29 is 9.53 Å². The minimum atomic E-state index is 0.0707. The first-order chi connectivity index (χ1) is 15.8. The van der Waals surface area contributed by atoms with Gasteiger partial charge < -0.3 is 9.64 Å². The molecule has 4 aromatic rings. The number of fused-ring (bicyclic) bond motifs is 1. The van der Waals surface area contributed by atoms with Crippen LogP contribution in [-0.4, -0.2) is 50.3 Å². The van der Waals surface area contributed by atoms with Gasteiger partial charge in [-0.1, -0.05) is 36.4 Å². The first-order valence-corrected chi connectivity index (χ1v) is 11.0. The van der Waals surface area contributed by atoms with E-state index in [1.165, 1.54) is 0 Å².